The van der Waals surface area contributed by atoms with Gasteiger partial charge in [0.1, 0.15) is 5.69 Å². The Morgan fingerprint density at radius 2 is 1.71 bits per heavy atom. The fraction of sp³-hybridized carbons (Fsp3) is 0.250. The van der Waals surface area contributed by atoms with E-state index in [1.54, 1.807) is 16.7 Å². The third-order valence-corrected chi connectivity index (χ3v) is 6.28. The Kier molecular flexibility index (Phi) is 7.95. The van der Waals surface area contributed by atoms with E-state index in [4.69, 9.17) is 11.6 Å². The number of carbonyl (C=O) groups is 1. The molecule has 6 nitrogen and oxygen atoms in total. The Bertz CT molecular complexity index is 1350. The fourth-order valence-electron chi connectivity index (χ4n) is 4.16. The Morgan fingerprint density at radius 1 is 1.03 bits per heavy atom. The van der Waals surface area contributed by atoms with Crippen LogP contribution in [-0.4, -0.2) is 41.0 Å². The van der Waals surface area contributed by atoms with E-state index in [1.807, 2.05) is 68.7 Å². The minimum absolute atomic E-state index is 0.0594. The van der Waals surface area contributed by atoms with E-state index in [1.165, 1.54) is 0 Å². The Labute approximate surface area is 210 Å². The van der Waals surface area contributed by atoms with Crippen molar-refractivity contribution in [3.8, 4) is 0 Å². The molecule has 0 unspecified atom stereocenters. The minimum atomic E-state index is -0.188. The van der Waals surface area contributed by atoms with E-state index in [0.717, 1.165) is 11.1 Å². The van der Waals surface area contributed by atoms with Gasteiger partial charge in [0.05, 0.1) is 23.6 Å². The van der Waals surface area contributed by atoms with Crippen LogP contribution in [0, 0.1) is 0 Å². The van der Waals surface area contributed by atoms with E-state index in [0.29, 0.717) is 34.8 Å². The molecule has 3 aromatic carbocycles. The number of nitrogens with zero attached hydrogens (tertiary/aromatic N) is 3. The van der Waals surface area contributed by atoms with Crippen LogP contribution in [0.4, 0.5) is 0 Å². The fourth-order valence-corrected chi connectivity index (χ4v) is 4.33. The van der Waals surface area contributed by atoms with Crippen LogP contribution in [-0.2, 0) is 17.8 Å². The molecule has 0 bridgehead atoms. The molecule has 0 fully saturated rings. The average molecular weight is 489 g/mol. The number of aromatic nitrogens is 2. The van der Waals surface area contributed by atoms with Gasteiger partial charge in [-0.3, -0.25) is 9.59 Å². The van der Waals surface area contributed by atoms with Crippen molar-refractivity contribution in [1.82, 2.24) is 19.8 Å². The summed E-state index contributed by atoms with van der Waals surface area (Å²) in [7, 11) is 3.98. The minimum Gasteiger partial charge on any atom is -0.354 e. The summed E-state index contributed by atoms with van der Waals surface area (Å²) in [6.45, 7) is 0.899. The molecule has 1 aromatic heterocycles. The number of benzene rings is 3. The number of aryl methyl sites for hydroxylation is 1. The molecule has 1 heterocycles. The smallest absolute Gasteiger partial charge is 0.273 e. The molecule has 0 aliphatic carbocycles. The van der Waals surface area contributed by atoms with Gasteiger partial charge in [-0.2, -0.15) is 0 Å². The second kappa shape index (κ2) is 11.3. The number of nitrogens with one attached hydrogen (secondary N) is 1. The molecule has 4 aromatic rings. The third kappa shape index (κ3) is 6.15. The Hall–Kier alpha value is -3.48. The topological polar surface area (TPSA) is 67.2 Å². The van der Waals surface area contributed by atoms with Crippen molar-refractivity contribution in [2.75, 3.05) is 20.6 Å². The quantitative estimate of drug-likeness (QED) is 0.378. The summed E-state index contributed by atoms with van der Waals surface area (Å²) in [5.74, 6) is -0.116. The molecule has 1 amide bonds. The standard InChI is InChI=1S/C28H29ClN4O2/c1-32(2)26(21-11-7-4-8-12-21)18-30-27(34)16-14-23-28(35)33(19-20-9-5-3-6-10-20)25-15-13-22(29)17-24(25)31-23/h3-13,15,17,26H,14,16,18-19H2,1-2H3,(H,30,34)/t26-/m0/s1. The molecule has 0 saturated carbocycles. The van der Waals surface area contributed by atoms with Gasteiger partial charge in [-0.05, 0) is 43.4 Å². The van der Waals surface area contributed by atoms with Gasteiger partial charge in [-0.25, -0.2) is 4.98 Å². The molecule has 0 aliphatic rings. The number of carbonyl (C=O) groups excluding carboxylic acids is 1. The number of hydrogen-bond acceptors (Lipinski definition) is 4. The number of rotatable bonds is 9. The number of amides is 1. The predicted molar refractivity (Wildman–Crippen MR) is 141 cm³/mol. The maximum absolute atomic E-state index is 13.4. The lowest BCUT2D eigenvalue weighted by Crippen LogP contribution is -2.35. The molecular weight excluding hydrogens is 460 g/mol. The first kappa shape index (κ1) is 24.6. The number of fused-ring (bicyclic) bond motifs is 1. The predicted octanol–water partition coefficient (Wildman–Crippen LogP) is 4.45. The summed E-state index contributed by atoms with van der Waals surface area (Å²) in [5.41, 5.74) is 3.67. The molecule has 0 saturated heterocycles. The largest absolute Gasteiger partial charge is 0.354 e. The summed E-state index contributed by atoms with van der Waals surface area (Å²) < 4.78 is 1.71. The van der Waals surface area contributed by atoms with Crippen LogP contribution in [0.1, 0.15) is 29.3 Å². The van der Waals surface area contributed by atoms with E-state index in [-0.39, 0.29) is 30.3 Å². The maximum Gasteiger partial charge on any atom is 0.273 e. The van der Waals surface area contributed by atoms with E-state index >= 15 is 0 Å². The van der Waals surface area contributed by atoms with Gasteiger partial charge >= 0.3 is 0 Å². The molecule has 35 heavy (non-hydrogen) atoms. The molecule has 7 heteroatoms. The van der Waals surface area contributed by atoms with Crippen molar-refractivity contribution < 1.29 is 4.79 Å². The zero-order valence-corrected chi connectivity index (χ0v) is 20.7. The Morgan fingerprint density at radius 3 is 2.40 bits per heavy atom. The first-order valence-electron chi connectivity index (χ1n) is 11.6. The lowest BCUT2D eigenvalue weighted by Gasteiger charge is -2.25. The summed E-state index contributed by atoms with van der Waals surface area (Å²) in [4.78, 5) is 32.7. The van der Waals surface area contributed by atoms with Gasteiger partial charge in [-0.15, -0.1) is 0 Å². The van der Waals surface area contributed by atoms with Gasteiger partial charge < -0.3 is 14.8 Å². The van der Waals surface area contributed by atoms with Gasteiger partial charge in [-0.1, -0.05) is 72.3 Å². The van der Waals surface area contributed by atoms with Crippen LogP contribution in [0.2, 0.25) is 5.02 Å². The Balaban J connectivity index is 1.51. The molecule has 180 valence electrons. The first-order valence-corrected chi connectivity index (χ1v) is 12.0. The van der Waals surface area contributed by atoms with Crippen LogP contribution < -0.4 is 10.9 Å². The SMILES string of the molecule is CN(C)[C@@H](CNC(=O)CCc1nc2cc(Cl)ccc2n(Cc2ccccc2)c1=O)c1ccccc1. The van der Waals surface area contributed by atoms with Crippen molar-refractivity contribution >= 4 is 28.5 Å². The number of halogens is 1. The van der Waals surface area contributed by atoms with Crippen LogP contribution in [0.15, 0.2) is 83.7 Å². The van der Waals surface area contributed by atoms with E-state index in [2.05, 4.69) is 27.3 Å². The average Bonchev–Trinajstić information content (AvgIpc) is 2.86. The molecule has 4 rings (SSSR count). The molecule has 0 spiro atoms. The number of likely N-dealkylation sites (N-methyl/N-ethyl adjacent to an activating group) is 1. The highest BCUT2D eigenvalue weighted by molar-refractivity contribution is 6.31. The van der Waals surface area contributed by atoms with Gasteiger partial charge in [0.2, 0.25) is 5.91 Å². The lowest BCUT2D eigenvalue weighted by atomic mass is 10.1. The normalized spacial score (nSPS) is 12.1. The summed E-state index contributed by atoms with van der Waals surface area (Å²) in [6.07, 6.45) is 0.425. The monoisotopic (exact) mass is 488 g/mol. The summed E-state index contributed by atoms with van der Waals surface area (Å²) >= 11 is 6.20. The molecule has 1 atom stereocenters. The van der Waals surface area contributed by atoms with Crippen molar-refractivity contribution in [2.24, 2.45) is 0 Å². The van der Waals surface area contributed by atoms with E-state index in [9.17, 15) is 9.59 Å². The summed E-state index contributed by atoms with van der Waals surface area (Å²) in [5, 5.41) is 3.56. The third-order valence-electron chi connectivity index (χ3n) is 6.05. The van der Waals surface area contributed by atoms with E-state index < -0.39 is 0 Å². The van der Waals surface area contributed by atoms with Crippen LogP contribution >= 0.6 is 11.6 Å². The second-order valence-electron chi connectivity index (χ2n) is 8.76. The van der Waals surface area contributed by atoms with Crippen LogP contribution in [0.3, 0.4) is 0 Å². The van der Waals surface area contributed by atoms with Crippen molar-refractivity contribution in [2.45, 2.75) is 25.4 Å². The highest BCUT2D eigenvalue weighted by atomic mass is 35.5. The van der Waals surface area contributed by atoms with Crippen LogP contribution in [0.25, 0.3) is 11.0 Å². The van der Waals surface area contributed by atoms with Crippen LogP contribution in [0.5, 0.6) is 0 Å². The van der Waals surface area contributed by atoms with Crippen molar-refractivity contribution in [1.29, 1.82) is 0 Å². The van der Waals surface area contributed by atoms with Gasteiger partial charge in [0.15, 0.2) is 0 Å². The maximum atomic E-state index is 13.4. The van der Waals surface area contributed by atoms with Gasteiger partial charge in [0, 0.05) is 24.4 Å². The zero-order valence-electron chi connectivity index (χ0n) is 19.9. The highest BCUT2D eigenvalue weighted by Gasteiger charge is 2.17. The zero-order chi connectivity index (χ0) is 24.8. The molecule has 0 radical (unpaired) electrons. The summed E-state index contributed by atoms with van der Waals surface area (Å²) in [6, 6.07) is 25.2. The molecule has 0 aliphatic heterocycles. The van der Waals surface area contributed by atoms with Gasteiger partial charge in [0.25, 0.3) is 5.56 Å². The second-order valence-corrected chi connectivity index (χ2v) is 9.20. The molecular formula is C28H29ClN4O2. The van der Waals surface area contributed by atoms with Crippen molar-refractivity contribution in [3.05, 3.63) is 111 Å². The molecule has 1 N–H and O–H groups in total. The van der Waals surface area contributed by atoms with Crippen molar-refractivity contribution in [3.63, 3.8) is 0 Å². The first-order chi connectivity index (χ1) is 16.9. The lowest BCUT2D eigenvalue weighted by molar-refractivity contribution is -0.121. The highest BCUT2D eigenvalue weighted by Crippen LogP contribution is 2.19. The number of hydrogen-bond donors (Lipinski definition) is 1.